The van der Waals surface area contributed by atoms with Gasteiger partial charge in [-0.25, -0.2) is 9.48 Å². The van der Waals surface area contributed by atoms with Crippen LogP contribution in [0.4, 0.5) is 16.3 Å². The summed E-state index contributed by atoms with van der Waals surface area (Å²) in [5.41, 5.74) is 4.79. The lowest BCUT2D eigenvalue weighted by Gasteiger charge is -2.31. The van der Waals surface area contributed by atoms with Gasteiger partial charge in [0.2, 0.25) is 5.91 Å². The van der Waals surface area contributed by atoms with Gasteiger partial charge in [-0.05, 0) is 61.9 Å². The van der Waals surface area contributed by atoms with Crippen molar-refractivity contribution in [3.8, 4) is 5.69 Å². The van der Waals surface area contributed by atoms with Crippen LogP contribution in [-0.2, 0) is 16.6 Å². The molecule has 4 rings (SSSR count). The number of carbonyl (C=O) groups excluding carboxylic acids is 2. The smallest absolute Gasteiger partial charge is 0.324 e. The third-order valence-corrected chi connectivity index (χ3v) is 6.79. The van der Waals surface area contributed by atoms with E-state index in [1.165, 1.54) is 11.1 Å². The first-order valence-electron chi connectivity index (χ1n) is 12.7. The van der Waals surface area contributed by atoms with E-state index in [2.05, 4.69) is 43.5 Å². The number of anilines is 2. The molecule has 0 saturated carbocycles. The molecule has 3 aromatic rings. The molecule has 0 atom stereocenters. The maximum Gasteiger partial charge on any atom is 0.324 e. The largest absolute Gasteiger partial charge is 0.343 e. The third-order valence-electron chi connectivity index (χ3n) is 6.79. The highest BCUT2D eigenvalue weighted by Gasteiger charge is 2.22. The molecular weight excluding hydrogens is 450 g/mol. The van der Waals surface area contributed by atoms with Crippen molar-refractivity contribution in [1.82, 2.24) is 14.7 Å². The number of carbonyl (C=O) groups is 2. The number of hydrogen-bond acceptors (Lipinski definition) is 3. The van der Waals surface area contributed by atoms with Crippen LogP contribution < -0.4 is 10.6 Å². The Hall–Kier alpha value is -3.61. The Balaban J connectivity index is 1.39. The molecule has 2 heterocycles. The molecule has 0 spiro atoms. The lowest BCUT2D eigenvalue weighted by Crippen LogP contribution is -2.37. The van der Waals surface area contributed by atoms with Crippen LogP contribution in [-0.4, -0.2) is 39.7 Å². The van der Waals surface area contributed by atoms with Gasteiger partial charge in [0.05, 0.1) is 11.4 Å². The van der Waals surface area contributed by atoms with E-state index in [4.69, 9.17) is 5.10 Å². The van der Waals surface area contributed by atoms with Crippen LogP contribution in [0, 0.1) is 12.8 Å². The zero-order valence-electron chi connectivity index (χ0n) is 22.0. The summed E-state index contributed by atoms with van der Waals surface area (Å²) in [6, 6.07) is 17.7. The fourth-order valence-electron chi connectivity index (χ4n) is 4.51. The molecular formula is C29H37N5O2. The topological polar surface area (TPSA) is 79.3 Å². The van der Waals surface area contributed by atoms with Gasteiger partial charge in [-0.15, -0.1) is 0 Å². The molecule has 1 aromatic heterocycles. The van der Waals surface area contributed by atoms with E-state index >= 15 is 0 Å². The van der Waals surface area contributed by atoms with Gasteiger partial charge in [0, 0.05) is 37.2 Å². The summed E-state index contributed by atoms with van der Waals surface area (Å²) in [5, 5.41) is 10.7. The summed E-state index contributed by atoms with van der Waals surface area (Å²) in [7, 11) is 0. The van der Waals surface area contributed by atoms with Crippen LogP contribution in [0.15, 0.2) is 54.6 Å². The average Bonchev–Trinajstić information content (AvgIpc) is 3.25. The Morgan fingerprint density at radius 3 is 2.19 bits per heavy atom. The first kappa shape index (κ1) is 25.5. The number of aryl methyl sites for hydroxylation is 1. The van der Waals surface area contributed by atoms with Gasteiger partial charge in [-0.2, -0.15) is 5.10 Å². The highest BCUT2D eigenvalue weighted by molar-refractivity contribution is 5.99. The van der Waals surface area contributed by atoms with Crippen LogP contribution in [0.25, 0.3) is 5.69 Å². The molecule has 2 aromatic carbocycles. The lowest BCUT2D eigenvalue weighted by molar-refractivity contribution is -0.130. The lowest BCUT2D eigenvalue weighted by atomic mass is 9.90. The molecule has 1 aliphatic rings. The predicted molar refractivity (Wildman–Crippen MR) is 145 cm³/mol. The number of benzene rings is 2. The molecule has 36 heavy (non-hydrogen) atoms. The molecule has 190 valence electrons. The maximum absolute atomic E-state index is 12.9. The highest BCUT2D eigenvalue weighted by Crippen LogP contribution is 2.27. The molecule has 0 unspecified atom stereocenters. The zero-order chi connectivity index (χ0) is 25.9. The molecule has 1 aliphatic heterocycles. The van der Waals surface area contributed by atoms with Crippen LogP contribution in [0.3, 0.4) is 0 Å². The van der Waals surface area contributed by atoms with Gasteiger partial charge in [0.25, 0.3) is 0 Å². The molecule has 0 aliphatic carbocycles. The number of nitrogens with one attached hydrogen (secondary N) is 2. The van der Waals surface area contributed by atoms with Crippen LogP contribution >= 0.6 is 0 Å². The molecule has 0 bridgehead atoms. The number of hydrogen-bond donors (Lipinski definition) is 2. The standard InChI is InChI=1S/C29H37N5O2/c1-20-6-12-25(13-7-20)34-27(19-26(32-34)29(3,4)5)31-28(36)30-24-10-8-22(9-11-24)18-23-14-16-33(17-15-23)21(2)35/h6-13,19,23H,14-18H2,1-5H3,(H2,30,31,36). The van der Waals surface area contributed by atoms with Gasteiger partial charge in [-0.3, -0.25) is 10.1 Å². The highest BCUT2D eigenvalue weighted by atomic mass is 16.2. The van der Waals surface area contributed by atoms with Crippen molar-refractivity contribution in [1.29, 1.82) is 0 Å². The van der Waals surface area contributed by atoms with Gasteiger partial charge in [-0.1, -0.05) is 50.6 Å². The number of rotatable bonds is 5. The number of likely N-dealkylation sites (tertiary alicyclic amines) is 1. The Bertz CT molecular complexity index is 1200. The van der Waals surface area contributed by atoms with E-state index in [0.29, 0.717) is 11.7 Å². The summed E-state index contributed by atoms with van der Waals surface area (Å²) in [6.07, 6.45) is 3.06. The van der Waals surface area contributed by atoms with Gasteiger partial charge in [0.1, 0.15) is 5.82 Å². The molecule has 1 fully saturated rings. The second kappa shape index (κ2) is 10.6. The summed E-state index contributed by atoms with van der Waals surface area (Å²) < 4.78 is 1.78. The zero-order valence-corrected chi connectivity index (χ0v) is 22.0. The van der Waals surface area contributed by atoms with E-state index in [0.717, 1.165) is 49.4 Å². The van der Waals surface area contributed by atoms with Crippen molar-refractivity contribution in [2.75, 3.05) is 23.7 Å². The van der Waals surface area contributed by atoms with E-state index in [-0.39, 0.29) is 17.4 Å². The summed E-state index contributed by atoms with van der Waals surface area (Å²) in [5.74, 6) is 1.37. The quantitative estimate of drug-likeness (QED) is 0.469. The second-order valence-electron chi connectivity index (χ2n) is 10.8. The normalized spacial score (nSPS) is 14.5. The number of piperidine rings is 1. The summed E-state index contributed by atoms with van der Waals surface area (Å²) in [4.78, 5) is 26.3. The average molecular weight is 488 g/mol. The van der Waals surface area contributed by atoms with Crippen LogP contribution in [0.5, 0.6) is 0 Å². The Kier molecular flexibility index (Phi) is 7.48. The minimum absolute atomic E-state index is 0.151. The van der Waals surface area contributed by atoms with E-state index in [1.807, 2.05) is 54.3 Å². The number of nitrogens with zero attached hydrogens (tertiary/aromatic N) is 3. The van der Waals surface area contributed by atoms with Crippen LogP contribution in [0.2, 0.25) is 0 Å². The second-order valence-corrected chi connectivity index (χ2v) is 10.8. The maximum atomic E-state index is 12.9. The molecule has 0 radical (unpaired) electrons. The monoisotopic (exact) mass is 487 g/mol. The van der Waals surface area contributed by atoms with E-state index < -0.39 is 0 Å². The fourth-order valence-corrected chi connectivity index (χ4v) is 4.51. The number of urea groups is 1. The summed E-state index contributed by atoms with van der Waals surface area (Å²) in [6.45, 7) is 11.7. The molecule has 1 saturated heterocycles. The number of amides is 3. The van der Waals surface area contributed by atoms with Gasteiger partial charge >= 0.3 is 6.03 Å². The van der Waals surface area contributed by atoms with Crippen molar-refractivity contribution in [2.45, 2.75) is 59.3 Å². The Morgan fingerprint density at radius 2 is 1.61 bits per heavy atom. The minimum atomic E-state index is -0.312. The van der Waals surface area contributed by atoms with Crippen LogP contribution in [0.1, 0.15) is 57.4 Å². The van der Waals surface area contributed by atoms with Crippen molar-refractivity contribution in [3.05, 3.63) is 71.4 Å². The Morgan fingerprint density at radius 1 is 0.972 bits per heavy atom. The molecule has 7 heteroatoms. The first-order chi connectivity index (χ1) is 17.1. The van der Waals surface area contributed by atoms with E-state index in [1.54, 1.807) is 11.6 Å². The fraction of sp³-hybridized carbons (Fsp3) is 0.414. The number of aromatic nitrogens is 2. The van der Waals surface area contributed by atoms with Gasteiger partial charge < -0.3 is 10.2 Å². The van der Waals surface area contributed by atoms with Crippen molar-refractivity contribution < 1.29 is 9.59 Å². The molecule has 7 nitrogen and oxygen atoms in total. The third kappa shape index (κ3) is 6.33. The molecule has 3 amide bonds. The van der Waals surface area contributed by atoms with E-state index in [9.17, 15) is 9.59 Å². The summed E-state index contributed by atoms with van der Waals surface area (Å²) >= 11 is 0. The van der Waals surface area contributed by atoms with Crippen molar-refractivity contribution >= 4 is 23.4 Å². The van der Waals surface area contributed by atoms with Crippen molar-refractivity contribution in [2.24, 2.45) is 5.92 Å². The van der Waals surface area contributed by atoms with Crippen molar-refractivity contribution in [3.63, 3.8) is 0 Å². The Labute approximate surface area is 213 Å². The molecule has 2 N–H and O–H groups in total. The first-order valence-corrected chi connectivity index (χ1v) is 12.7. The predicted octanol–water partition coefficient (Wildman–Crippen LogP) is 5.92. The van der Waals surface area contributed by atoms with Gasteiger partial charge in [0.15, 0.2) is 0 Å². The SMILES string of the molecule is CC(=O)N1CCC(Cc2ccc(NC(=O)Nc3cc(C(C)(C)C)nn3-c3ccc(C)cc3)cc2)CC1. The minimum Gasteiger partial charge on any atom is -0.343 e.